The van der Waals surface area contributed by atoms with E-state index in [0.29, 0.717) is 16.5 Å². The first-order chi connectivity index (χ1) is 9.40. The maximum absolute atomic E-state index is 10.5. The van der Waals surface area contributed by atoms with Crippen LogP contribution in [0.4, 0.5) is 0 Å². The number of rotatable bonds is 4. The Balaban J connectivity index is 2.28. The van der Waals surface area contributed by atoms with E-state index in [2.05, 4.69) is 21.0 Å². The molecular weight excluding hydrogens is 363 g/mol. The standard InChI is InChI=1S/C14H15BrCl2N2O/c1-8(2)19-14(11(15)7-18-19)13(20)5-9-3-4-10(16)6-12(9)17/h3-4,6-8,13,20H,5H2,1-2H3. The highest BCUT2D eigenvalue weighted by molar-refractivity contribution is 9.10. The third-order valence-electron chi connectivity index (χ3n) is 3.02. The zero-order valence-electron chi connectivity index (χ0n) is 11.1. The van der Waals surface area contributed by atoms with Crippen LogP contribution in [0, 0.1) is 0 Å². The predicted molar refractivity (Wildman–Crippen MR) is 85.4 cm³/mol. The number of aliphatic hydroxyl groups excluding tert-OH is 1. The van der Waals surface area contributed by atoms with Gasteiger partial charge in [-0.3, -0.25) is 4.68 Å². The van der Waals surface area contributed by atoms with Crippen molar-refractivity contribution in [1.29, 1.82) is 0 Å². The molecule has 0 fully saturated rings. The Morgan fingerprint density at radius 1 is 1.35 bits per heavy atom. The van der Waals surface area contributed by atoms with Crippen LogP contribution < -0.4 is 0 Å². The third kappa shape index (κ3) is 3.37. The van der Waals surface area contributed by atoms with Crippen molar-refractivity contribution in [3.05, 3.63) is 50.2 Å². The lowest BCUT2D eigenvalue weighted by Crippen LogP contribution is -2.13. The molecule has 1 N–H and O–H groups in total. The number of hydrogen-bond donors (Lipinski definition) is 1. The van der Waals surface area contributed by atoms with Crippen molar-refractivity contribution in [2.45, 2.75) is 32.4 Å². The first-order valence-electron chi connectivity index (χ1n) is 6.25. The fourth-order valence-electron chi connectivity index (χ4n) is 2.07. The second-order valence-electron chi connectivity index (χ2n) is 4.87. The second kappa shape index (κ2) is 6.48. The minimum atomic E-state index is -0.687. The van der Waals surface area contributed by atoms with Crippen LogP contribution >= 0.6 is 39.1 Å². The summed E-state index contributed by atoms with van der Waals surface area (Å²) in [5.74, 6) is 0. The maximum Gasteiger partial charge on any atom is 0.101 e. The molecule has 0 aliphatic carbocycles. The van der Waals surface area contributed by atoms with E-state index in [1.54, 1.807) is 23.0 Å². The molecule has 2 aromatic rings. The number of benzene rings is 1. The van der Waals surface area contributed by atoms with Crippen LogP contribution in [0.15, 0.2) is 28.9 Å². The van der Waals surface area contributed by atoms with Crippen LogP contribution in [-0.2, 0) is 6.42 Å². The number of aromatic nitrogens is 2. The Labute approximate surface area is 136 Å². The van der Waals surface area contributed by atoms with Gasteiger partial charge in [0.25, 0.3) is 0 Å². The molecule has 0 spiro atoms. The van der Waals surface area contributed by atoms with E-state index in [-0.39, 0.29) is 6.04 Å². The largest absolute Gasteiger partial charge is 0.386 e. The van der Waals surface area contributed by atoms with Crippen molar-refractivity contribution >= 4 is 39.1 Å². The Morgan fingerprint density at radius 2 is 2.05 bits per heavy atom. The van der Waals surface area contributed by atoms with E-state index in [1.165, 1.54) is 0 Å². The van der Waals surface area contributed by atoms with Crippen LogP contribution in [0.2, 0.25) is 10.0 Å². The molecule has 1 unspecified atom stereocenters. The molecule has 20 heavy (non-hydrogen) atoms. The summed E-state index contributed by atoms with van der Waals surface area (Å²) in [6.45, 7) is 4.04. The van der Waals surface area contributed by atoms with Gasteiger partial charge in [0, 0.05) is 22.5 Å². The molecule has 1 aromatic carbocycles. The number of hydrogen-bond acceptors (Lipinski definition) is 2. The summed E-state index contributed by atoms with van der Waals surface area (Å²) >= 11 is 15.5. The third-order valence-corrected chi connectivity index (χ3v) is 4.22. The summed E-state index contributed by atoms with van der Waals surface area (Å²) in [6, 6.07) is 5.45. The van der Waals surface area contributed by atoms with Crippen molar-refractivity contribution < 1.29 is 5.11 Å². The lowest BCUT2D eigenvalue weighted by Gasteiger charge is -2.17. The number of halogens is 3. The van der Waals surface area contributed by atoms with Crippen LogP contribution in [0.1, 0.15) is 37.3 Å². The number of nitrogens with zero attached hydrogens (tertiary/aromatic N) is 2. The first-order valence-corrected chi connectivity index (χ1v) is 7.80. The van der Waals surface area contributed by atoms with Gasteiger partial charge in [-0.25, -0.2) is 0 Å². The minimum Gasteiger partial charge on any atom is -0.386 e. The quantitative estimate of drug-likeness (QED) is 0.830. The molecule has 1 heterocycles. The Hall–Kier alpha value is -0.550. The van der Waals surface area contributed by atoms with Gasteiger partial charge >= 0.3 is 0 Å². The molecule has 0 saturated carbocycles. The average molecular weight is 378 g/mol. The van der Waals surface area contributed by atoms with Gasteiger partial charge in [-0.1, -0.05) is 29.3 Å². The van der Waals surface area contributed by atoms with Crippen molar-refractivity contribution in [3.8, 4) is 0 Å². The minimum absolute atomic E-state index is 0.173. The lowest BCUT2D eigenvalue weighted by molar-refractivity contribution is 0.164. The van der Waals surface area contributed by atoms with E-state index in [4.69, 9.17) is 23.2 Å². The van der Waals surface area contributed by atoms with Gasteiger partial charge in [-0.15, -0.1) is 0 Å². The second-order valence-corrected chi connectivity index (χ2v) is 6.57. The zero-order chi connectivity index (χ0) is 14.9. The smallest absolute Gasteiger partial charge is 0.101 e. The molecule has 0 radical (unpaired) electrons. The van der Waals surface area contributed by atoms with Crippen molar-refractivity contribution in [1.82, 2.24) is 9.78 Å². The first kappa shape index (κ1) is 15.8. The highest BCUT2D eigenvalue weighted by Gasteiger charge is 2.20. The summed E-state index contributed by atoms with van der Waals surface area (Å²) in [5.41, 5.74) is 1.61. The Kier molecular flexibility index (Phi) is 5.13. The van der Waals surface area contributed by atoms with Gasteiger partial charge in [-0.05, 0) is 47.5 Å². The van der Waals surface area contributed by atoms with Gasteiger partial charge in [0.05, 0.1) is 16.4 Å². The summed E-state index contributed by atoms with van der Waals surface area (Å²) in [4.78, 5) is 0. The molecular formula is C14H15BrCl2N2O. The number of aliphatic hydroxyl groups is 1. The maximum atomic E-state index is 10.5. The van der Waals surface area contributed by atoms with Gasteiger partial charge in [-0.2, -0.15) is 5.10 Å². The molecule has 1 atom stereocenters. The van der Waals surface area contributed by atoms with Crippen LogP contribution in [-0.4, -0.2) is 14.9 Å². The molecule has 0 aliphatic heterocycles. The van der Waals surface area contributed by atoms with Crippen molar-refractivity contribution in [2.24, 2.45) is 0 Å². The fourth-order valence-corrected chi connectivity index (χ4v) is 3.09. The van der Waals surface area contributed by atoms with Crippen molar-refractivity contribution in [3.63, 3.8) is 0 Å². The molecule has 6 heteroatoms. The summed E-state index contributed by atoms with van der Waals surface area (Å²) in [6.07, 6.45) is 1.42. The van der Waals surface area contributed by atoms with E-state index < -0.39 is 6.10 Å². The predicted octanol–water partition coefficient (Wildman–Crippen LogP) is 4.81. The lowest BCUT2D eigenvalue weighted by atomic mass is 10.1. The summed E-state index contributed by atoms with van der Waals surface area (Å²) in [5, 5.41) is 15.9. The molecule has 0 aliphatic rings. The Bertz CT molecular complexity index is 613. The normalized spacial score (nSPS) is 12.9. The van der Waals surface area contributed by atoms with Crippen LogP contribution in [0.3, 0.4) is 0 Å². The van der Waals surface area contributed by atoms with E-state index in [0.717, 1.165) is 15.7 Å². The topological polar surface area (TPSA) is 38.0 Å². The molecule has 0 bridgehead atoms. The Morgan fingerprint density at radius 3 is 2.65 bits per heavy atom. The zero-order valence-corrected chi connectivity index (χ0v) is 14.2. The van der Waals surface area contributed by atoms with E-state index in [1.807, 2.05) is 19.9 Å². The van der Waals surface area contributed by atoms with Crippen LogP contribution in [0.5, 0.6) is 0 Å². The monoisotopic (exact) mass is 376 g/mol. The highest BCUT2D eigenvalue weighted by atomic mass is 79.9. The van der Waals surface area contributed by atoms with Gasteiger partial charge < -0.3 is 5.11 Å². The van der Waals surface area contributed by atoms with E-state index >= 15 is 0 Å². The molecule has 0 amide bonds. The summed E-state index contributed by atoms with van der Waals surface area (Å²) in [7, 11) is 0. The average Bonchev–Trinajstić information content (AvgIpc) is 2.75. The SMILES string of the molecule is CC(C)n1ncc(Br)c1C(O)Cc1ccc(Cl)cc1Cl. The fraction of sp³-hybridized carbons (Fsp3) is 0.357. The highest BCUT2D eigenvalue weighted by Crippen LogP contribution is 2.30. The molecule has 108 valence electrons. The van der Waals surface area contributed by atoms with Gasteiger partial charge in [0.15, 0.2) is 0 Å². The van der Waals surface area contributed by atoms with E-state index in [9.17, 15) is 5.11 Å². The molecule has 3 nitrogen and oxygen atoms in total. The van der Waals surface area contributed by atoms with Gasteiger partial charge in [0.2, 0.25) is 0 Å². The molecule has 1 aromatic heterocycles. The molecule has 2 rings (SSSR count). The summed E-state index contributed by atoms with van der Waals surface area (Å²) < 4.78 is 2.60. The van der Waals surface area contributed by atoms with Gasteiger partial charge in [0.1, 0.15) is 6.10 Å². The van der Waals surface area contributed by atoms with Crippen LogP contribution in [0.25, 0.3) is 0 Å². The van der Waals surface area contributed by atoms with Crippen molar-refractivity contribution in [2.75, 3.05) is 0 Å². The molecule has 0 saturated heterocycles.